The minimum atomic E-state index is -1.05. The van der Waals surface area contributed by atoms with Crippen molar-refractivity contribution in [1.82, 2.24) is 9.80 Å². The highest BCUT2D eigenvalue weighted by Crippen LogP contribution is 2.30. The van der Waals surface area contributed by atoms with Gasteiger partial charge >= 0.3 is 12.2 Å². The molecule has 6 heteroatoms. The Bertz CT molecular complexity index is 336. The topological polar surface area (TPSA) is 81.1 Å². The van der Waals surface area contributed by atoms with Crippen LogP contribution in [0.4, 0.5) is 9.59 Å². The van der Waals surface area contributed by atoms with Crippen LogP contribution in [-0.2, 0) is 0 Å². The van der Waals surface area contributed by atoms with Gasteiger partial charge in [0, 0.05) is 13.1 Å². The highest BCUT2D eigenvalue weighted by atomic mass is 16.4. The first kappa shape index (κ1) is 8.61. The van der Waals surface area contributed by atoms with Crippen molar-refractivity contribution < 1.29 is 19.8 Å². The lowest BCUT2D eigenvalue weighted by atomic mass is 10.1. The predicted octanol–water partition coefficient (Wildman–Crippen LogP) is 0.741. The van der Waals surface area contributed by atoms with Gasteiger partial charge in [-0.3, -0.25) is 9.80 Å². The Balaban J connectivity index is 2.12. The molecule has 0 radical (unpaired) electrons. The summed E-state index contributed by atoms with van der Waals surface area (Å²) in [6, 6.07) is 0. The Labute approximate surface area is 79.3 Å². The maximum absolute atomic E-state index is 10.6. The van der Waals surface area contributed by atoms with Crippen molar-refractivity contribution in [2.24, 2.45) is 0 Å². The van der Waals surface area contributed by atoms with Crippen LogP contribution in [0.5, 0.6) is 0 Å². The summed E-state index contributed by atoms with van der Waals surface area (Å²) in [4.78, 5) is 23.4. The number of carboxylic acid groups (broad SMARTS) is 2. The molecule has 0 unspecified atom stereocenters. The molecule has 0 aliphatic carbocycles. The minimum Gasteiger partial charge on any atom is -0.465 e. The quantitative estimate of drug-likeness (QED) is 0.648. The number of nitrogens with zero attached hydrogens (tertiary/aromatic N) is 2. The molecule has 0 atom stereocenters. The fourth-order valence-electron chi connectivity index (χ4n) is 1.40. The van der Waals surface area contributed by atoms with Crippen molar-refractivity contribution in [3.8, 4) is 0 Å². The van der Waals surface area contributed by atoms with Crippen LogP contribution in [0.25, 0.3) is 0 Å². The first-order valence-electron chi connectivity index (χ1n) is 4.03. The summed E-state index contributed by atoms with van der Waals surface area (Å²) in [7, 11) is 0. The highest BCUT2D eigenvalue weighted by Gasteiger charge is 2.34. The molecule has 2 rings (SSSR count). The molecular weight excluding hydrogens is 188 g/mol. The minimum absolute atomic E-state index is 0.329. The monoisotopic (exact) mass is 196 g/mol. The van der Waals surface area contributed by atoms with E-state index in [0.29, 0.717) is 24.5 Å². The maximum Gasteiger partial charge on any atom is 0.412 e. The van der Waals surface area contributed by atoms with Crippen LogP contribution in [0, 0.1) is 0 Å². The second-order valence-electron chi connectivity index (χ2n) is 2.97. The molecule has 0 bridgehead atoms. The van der Waals surface area contributed by atoms with Crippen molar-refractivity contribution in [3.05, 3.63) is 23.5 Å². The molecule has 2 amide bonds. The number of rotatable bonds is 1. The van der Waals surface area contributed by atoms with Gasteiger partial charge < -0.3 is 10.2 Å². The van der Waals surface area contributed by atoms with E-state index >= 15 is 0 Å². The van der Waals surface area contributed by atoms with Crippen molar-refractivity contribution in [2.75, 3.05) is 13.1 Å². The standard InChI is InChI=1S/C8H8N2O4/c11-7(12)9-3-1-5(9)6-2-4-10(6)8(13)14/h1-2H,3-4H2,(H,11,12)(H,13,14). The Morgan fingerprint density at radius 3 is 1.50 bits per heavy atom. The summed E-state index contributed by atoms with van der Waals surface area (Å²) in [5.74, 6) is 0. The average molecular weight is 196 g/mol. The highest BCUT2D eigenvalue weighted by molar-refractivity contribution is 5.76. The molecular formula is C8H8N2O4. The number of carbonyl (C=O) groups is 2. The van der Waals surface area contributed by atoms with Crippen LogP contribution in [0.3, 0.4) is 0 Å². The van der Waals surface area contributed by atoms with E-state index in [2.05, 4.69) is 0 Å². The van der Waals surface area contributed by atoms with Crippen molar-refractivity contribution in [2.45, 2.75) is 0 Å². The van der Waals surface area contributed by atoms with Gasteiger partial charge in [-0.1, -0.05) is 0 Å². The molecule has 0 aromatic heterocycles. The van der Waals surface area contributed by atoms with Crippen molar-refractivity contribution >= 4 is 12.2 Å². The average Bonchev–Trinajstić information content (AvgIpc) is 1.92. The van der Waals surface area contributed by atoms with Gasteiger partial charge in [0.05, 0.1) is 11.4 Å². The first-order valence-corrected chi connectivity index (χ1v) is 4.03. The van der Waals surface area contributed by atoms with Crippen LogP contribution in [0.2, 0.25) is 0 Å². The van der Waals surface area contributed by atoms with Crippen molar-refractivity contribution in [3.63, 3.8) is 0 Å². The molecule has 0 aromatic rings. The molecule has 14 heavy (non-hydrogen) atoms. The molecule has 0 saturated heterocycles. The molecule has 2 N–H and O–H groups in total. The normalized spacial score (nSPS) is 19.1. The summed E-state index contributed by atoms with van der Waals surface area (Å²) >= 11 is 0. The number of hydrogen-bond acceptors (Lipinski definition) is 2. The first-order chi connectivity index (χ1) is 6.61. The van der Waals surface area contributed by atoms with Crippen LogP contribution < -0.4 is 0 Å². The van der Waals surface area contributed by atoms with Gasteiger partial charge in [0.25, 0.3) is 0 Å². The van der Waals surface area contributed by atoms with E-state index < -0.39 is 12.2 Å². The summed E-state index contributed by atoms with van der Waals surface area (Å²) < 4.78 is 0. The Hall–Kier alpha value is -1.98. The van der Waals surface area contributed by atoms with Gasteiger partial charge in [-0.05, 0) is 12.2 Å². The molecule has 2 heterocycles. The van der Waals surface area contributed by atoms with Crippen LogP contribution >= 0.6 is 0 Å². The van der Waals surface area contributed by atoms with E-state index in [0.717, 1.165) is 9.80 Å². The van der Waals surface area contributed by atoms with E-state index in [1.54, 1.807) is 12.2 Å². The summed E-state index contributed by atoms with van der Waals surface area (Å²) in [5.41, 5.74) is 0.928. The van der Waals surface area contributed by atoms with E-state index in [-0.39, 0.29) is 0 Å². The fraction of sp³-hybridized carbons (Fsp3) is 0.250. The van der Waals surface area contributed by atoms with Crippen LogP contribution in [0.1, 0.15) is 0 Å². The Kier molecular flexibility index (Phi) is 1.70. The largest absolute Gasteiger partial charge is 0.465 e. The van der Waals surface area contributed by atoms with Crippen LogP contribution in [0.15, 0.2) is 23.5 Å². The molecule has 0 saturated carbocycles. The third-order valence-corrected chi connectivity index (χ3v) is 2.24. The van der Waals surface area contributed by atoms with E-state index in [1.807, 2.05) is 0 Å². The third kappa shape index (κ3) is 1.04. The molecule has 2 aliphatic rings. The fourth-order valence-corrected chi connectivity index (χ4v) is 1.40. The SMILES string of the molecule is O=C(O)N1CC=C1C1=CCN1C(=O)O. The van der Waals surface area contributed by atoms with Gasteiger partial charge in [-0.15, -0.1) is 0 Å². The molecule has 2 aliphatic heterocycles. The lowest BCUT2D eigenvalue weighted by molar-refractivity contribution is 0.142. The second kappa shape index (κ2) is 2.76. The molecule has 0 aromatic carbocycles. The molecule has 0 spiro atoms. The lowest BCUT2D eigenvalue weighted by Gasteiger charge is -2.38. The van der Waals surface area contributed by atoms with Crippen molar-refractivity contribution in [1.29, 1.82) is 0 Å². The number of hydrogen-bond donors (Lipinski definition) is 2. The number of amides is 2. The lowest BCUT2D eigenvalue weighted by Crippen LogP contribution is -2.45. The predicted molar refractivity (Wildman–Crippen MR) is 45.6 cm³/mol. The van der Waals surface area contributed by atoms with E-state index in [1.165, 1.54) is 0 Å². The summed E-state index contributed by atoms with van der Waals surface area (Å²) in [6.45, 7) is 0.658. The van der Waals surface area contributed by atoms with Gasteiger partial charge in [0.2, 0.25) is 0 Å². The van der Waals surface area contributed by atoms with Gasteiger partial charge in [-0.25, -0.2) is 9.59 Å². The zero-order valence-electron chi connectivity index (χ0n) is 7.17. The third-order valence-electron chi connectivity index (χ3n) is 2.24. The van der Waals surface area contributed by atoms with Crippen LogP contribution in [-0.4, -0.2) is 45.3 Å². The second-order valence-corrected chi connectivity index (χ2v) is 2.97. The molecule has 6 nitrogen and oxygen atoms in total. The van der Waals surface area contributed by atoms with E-state index in [9.17, 15) is 9.59 Å². The Morgan fingerprint density at radius 1 is 1.00 bits per heavy atom. The smallest absolute Gasteiger partial charge is 0.412 e. The van der Waals surface area contributed by atoms with Gasteiger partial charge in [0.15, 0.2) is 0 Å². The Morgan fingerprint density at radius 2 is 1.36 bits per heavy atom. The molecule has 74 valence electrons. The zero-order chi connectivity index (χ0) is 10.3. The van der Waals surface area contributed by atoms with Gasteiger partial charge in [-0.2, -0.15) is 0 Å². The molecule has 0 fully saturated rings. The summed E-state index contributed by atoms with van der Waals surface area (Å²) in [6.07, 6.45) is 1.27. The summed E-state index contributed by atoms with van der Waals surface area (Å²) in [5, 5.41) is 17.4. The van der Waals surface area contributed by atoms with Gasteiger partial charge in [0.1, 0.15) is 0 Å². The van der Waals surface area contributed by atoms with E-state index in [4.69, 9.17) is 10.2 Å². The zero-order valence-corrected chi connectivity index (χ0v) is 7.17. The maximum atomic E-state index is 10.6.